The van der Waals surface area contributed by atoms with E-state index in [9.17, 15) is 8.42 Å². The normalized spacial score (nSPS) is 19.2. The molecule has 0 radical (unpaired) electrons. The lowest BCUT2D eigenvalue weighted by Crippen LogP contribution is -2.29. The summed E-state index contributed by atoms with van der Waals surface area (Å²) in [7, 11) is -1.71. The lowest BCUT2D eigenvalue weighted by atomic mass is 10.0. The maximum absolute atomic E-state index is 12.6. The number of aromatic nitrogens is 4. The highest BCUT2D eigenvalue weighted by Gasteiger charge is 2.34. The van der Waals surface area contributed by atoms with Gasteiger partial charge < -0.3 is 9.13 Å². The molecular formula is C16H25N5O2S. The number of hydrogen-bond acceptors (Lipinski definition) is 4. The van der Waals surface area contributed by atoms with Crippen molar-refractivity contribution in [3.63, 3.8) is 0 Å². The van der Waals surface area contributed by atoms with Crippen molar-refractivity contribution in [2.24, 2.45) is 13.0 Å². The first-order valence-electron chi connectivity index (χ1n) is 8.41. The molecule has 3 heterocycles. The molecule has 1 saturated heterocycles. The second-order valence-corrected chi connectivity index (χ2v) is 8.45. The van der Waals surface area contributed by atoms with Gasteiger partial charge in [0, 0.05) is 51.2 Å². The van der Waals surface area contributed by atoms with E-state index in [1.165, 1.54) is 12.0 Å². The van der Waals surface area contributed by atoms with Gasteiger partial charge in [0.15, 0.2) is 5.03 Å². The molecule has 3 rings (SSSR count). The molecule has 8 heteroatoms. The molecule has 0 aromatic carbocycles. The second-order valence-electron chi connectivity index (χ2n) is 6.57. The SMILES string of the molecule is CCCn1c(C)cnc1CC1CCN(S(=O)(=O)c2cn(C)cn2)C1. The van der Waals surface area contributed by atoms with Crippen molar-refractivity contribution in [3.8, 4) is 0 Å². The Kier molecular flexibility index (Phi) is 4.78. The third kappa shape index (κ3) is 3.25. The summed E-state index contributed by atoms with van der Waals surface area (Å²) in [5, 5.41) is 0.133. The Bertz CT molecular complexity index is 808. The van der Waals surface area contributed by atoms with Crippen LogP contribution in [0.15, 0.2) is 23.7 Å². The van der Waals surface area contributed by atoms with Crippen LogP contribution in [0.4, 0.5) is 0 Å². The van der Waals surface area contributed by atoms with Crippen LogP contribution in [0.25, 0.3) is 0 Å². The van der Waals surface area contributed by atoms with E-state index >= 15 is 0 Å². The summed E-state index contributed by atoms with van der Waals surface area (Å²) in [6, 6.07) is 0. The highest BCUT2D eigenvalue weighted by molar-refractivity contribution is 7.89. The van der Waals surface area contributed by atoms with Crippen molar-refractivity contribution in [3.05, 3.63) is 30.2 Å². The fraction of sp³-hybridized carbons (Fsp3) is 0.625. The Labute approximate surface area is 143 Å². The van der Waals surface area contributed by atoms with Gasteiger partial charge in [0.1, 0.15) is 5.82 Å². The van der Waals surface area contributed by atoms with Crippen LogP contribution >= 0.6 is 0 Å². The number of imidazole rings is 2. The van der Waals surface area contributed by atoms with E-state index in [1.54, 1.807) is 22.1 Å². The van der Waals surface area contributed by atoms with Crippen LogP contribution in [0.1, 0.15) is 31.3 Å². The van der Waals surface area contributed by atoms with E-state index in [-0.39, 0.29) is 5.03 Å². The minimum absolute atomic E-state index is 0.133. The molecule has 1 aliphatic rings. The molecule has 0 spiro atoms. The molecule has 132 valence electrons. The van der Waals surface area contributed by atoms with Gasteiger partial charge in [-0.1, -0.05) is 6.92 Å². The molecule has 0 saturated carbocycles. The number of hydrogen-bond donors (Lipinski definition) is 0. The van der Waals surface area contributed by atoms with E-state index in [0.29, 0.717) is 19.0 Å². The highest BCUT2D eigenvalue weighted by Crippen LogP contribution is 2.26. The van der Waals surface area contributed by atoms with E-state index in [4.69, 9.17) is 0 Å². The fourth-order valence-corrected chi connectivity index (χ4v) is 4.79. The minimum Gasteiger partial charge on any atom is -0.339 e. The van der Waals surface area contributed by atoms with E-state index in [1.807, 2.05) is 6.20 Å². The van der Waals surface area contributed by atoms with Gasteiger partial charge in [-0.3, -0.25) is 0 Å². The molecule has 7 nitrogen and oxygen atoms in total. The zero-order valence-corrected chi connectivity index (χ0v) is 15.3. The van der Waals surface area contributed by atoms with Gasteiger partial charge in [-0.05, 0) is 25.7 Å². The van der Waals surface area contributed by atoms with Crippen molar-refractivity contribution in [2.45, 2.75) is 44.7 Å². The van der Waals surface area contributed by atoms with Gasteiger partial charge in [0.2, 0.25) is 0 Å². The lowest BCUT2D eigenvalue weighted by Gasteiger charge is -2.15. The molecule has 1 fully saturated rings. The van der Waals surface area contributed by atoms with Gasteiger partial charge in [0.25, 0.3) is 10.0 Å². The molecule has 2 aromatic rings. The van der Waals surface area contributed by atoms with Crippen LogP contribution in [0.5, 0.6) is 0 Å². The van der Waals surface area contributed by atoms with Gasteiger partial charge in [-0.2, -0.15) is 4.31 Å². The predicted octanol–water partition coefficient (Wildman–Crippen LogP) is 1.59. The summed E-state index contributed by atoms with van der Waals surface area (Å²) in [6.45, 7) is 6.27. The molecule has 1 aliphatic heterocycles. The van der Waals surface area contributed by atoms with Crippen molar-refractivity contribution in [1.29, 1.82) is 0 Å². The van der Waals surface area contributed by atoms with Crippen molar-refractivity contribution in [1.82, 2.24) is 23.4 Å². The quantitative estimate of drug-likeness (QED) is 0.792. The summed E-state index contributed by atoms with van der Waals surface area (Å²) < 4.78 is 30.8. The Morgan fingerprint density at radius 1 is 1.33 bits per heavy atom. The lowest BCUT2D eigenvalue weighted by molar-refractivity contribution is 0.447. The Hall–Kier alpha value is -1.67. The van der Waals surface area contributed by atoms with Crippen LogP contribution in [-0.2, 0) is 30.0 Å². The zero-order chi connectivity index (χ0) is 17.3. The summed E-state index contributed by atoms with van der Waals surface area (Å²) >= 11 is 0. The molecule has 0 aliphatic carbocycles. The molecule has 0 amide bonds. The molecule has 0 N–H and O–H groups in total. The number of nitrogens with zero attached hydrogens (tertiary/aromatic N) is 5. The van der Waals surface area contributed by atoms with Crippen molar-refractivity contribution < 1.29 is 8.42 Å². The topological polar surface area (TPSA) is 73.0 Å². The molecule has 2 aromatic heterocycles. The maximum Gasteiger partial charge on any atom is 0.262 e. The first-order chi connectivity index (χ1) is 11.4. The average Bonchev–Trinajstić information content (AvgIpc) is 3.24. The second kappa shape index (κ2) is 6.68. The Balaban J connectivity index is 1.70. The molecule has 1 atom stereocenters. The van der Waals surface area contributed by atoms with Gasteiger partial charge >= 0.3 is 0 Å². The number of aryl methyl sites for hydroxylation is 2. The Morgan fingerprint density at radius 2 is 2.12 bits per heavy atom. The third-order valence-corrected chi connectivity index (χ3v) is 6.34. The van der Waals surface area contributed by atoms with E-state index in [2.05, 4.69) is 28.4 Å². The predicted molar refractivity (Wildman–Crippen MR) is 91.0 cm³/mol. The van der Waals surface area contributed by atoms with Crippen LogP contribution in [-0.4, -0.2) is 44.9 Å². The molecular weight excluding hydrogens is 326 g/mol. The first kappa shape index (κ1) is 17.2. The van der Waals surface area contributed by atoms with Gasteiger partial charge in [-0.15, -0.1) is 0 Å². The summed E-state index contributed by atoms with van der Waals surface area (Å²) in [4.78, 5) is 8.53. The van der Waals surface area contributed by atoms with Gasteiger partial charge in [-0.25, -0.2) is 18.4 Å². The van der Waals surface area contributed by atoms with E-state index in [0.717, 1.165) is 31.6 Å². The van der Waals surface area contributed by atoms with Crippen molar-refractivity contribution in [2.75, 3.05) is 13.1 Å². The Morgan fingerprint density at radius 3 is 2.79 bits per heavy atom. The molecule has 24 heavy (non-hydrogen) atoms. The average molecular weight is 351 g/mol. The third-order valence-electron chi connectivity index (χ3n) is 4.59. The first-order valence-corrected chi connectivity index (χ1v) is 9.85. The van der Waals surface area contributed by atoms with Crippen LogP contribution in [0.2, 0.25) is 0 Å². The van der Waals surface area contributed by atoms with Gasteiger partial charge in [0.05, 0.1) is 6.33 Å². The van der Waals surface area contributed by atoms with Crippen LogP contribution in [0.3, 0.4) is 0 Å². The largest absolute Gasteiger partial charge is 0.339 e. The van der Waals surface area contributed by atoms with Crippen LogP contribution in [0, 0.1) is 12.8 Å². The highest BCUT2D eigenvalue weighted by atomic mass is 32.2. The fourth-order valence-electron chi connectivity index (χ4n) is 3.30. The summed E-state index contributed by atoms with van der Waals surface area (Å²) in [6.07, 6.45) is 7.73. The minimum atomic E-state index is -3.48. The summed E-state index contributed by atoms with van der Waals surface area (Å²) in [5.74, 6) is 1.37. The maximum atomic E-state index is 12.6. The smallest absolute Gasteiger partial charge is 0.262 e. The number of rotatable bonds is 6. The monoisotopic (exact) mass is 351 g/mol. The van der Waals surface area contributed by atoms with Crippen molar-refractivity contribution >= 4 is 10.0 Å². The molecule has 0 bridgehead atoms. The standard InChI is InChI=1S/C16H25N5O2S/c1-4-6-21-13(2)9-17-15(21)8-14-5-7-20(10-14)24(22,23)16-11-19(3)12-18-16/h9,11-12,14H,4-8,10H2,1-3H3. The van der Waals surface area contributed by atoms with Crippen LogP contribution < -0.4 is 0 Å². The zero-order valence-electron chi connectivity index (χ0n) is 14.5. The van der Waals surface area contributed by atoms with E-state index < -0.39 is 10.0 Å². The molecule has 1 unspecified atom stereocenters. The summed E-state index contributed by atoms with van der Waals surface area (Å²) in [5.41, 5.74) is 1.17. The number of sulfonamides is 1.